The maximum atomic E-state index is 6.56. The van der Waals surface area contributed by atoms with Crippen LogP contribution in [-0.4, -0.2) is 15.0 Å². The molecule has 9 aromatic rings. The van der Waals surface area contributed by atoms with Crippen molar-refractivity contribution in [3.05, 3.63) is 182 Å². The van der Waals surface area contributed by atoms with E-state index in [0.717, 1.165) is 66.8 Å². The smallest absolute Gasteiger partial charge is 0.164 e. The Morgan fingerprint density at radius 1 is 0.360 bits per heavy atom. The van der Waals surface area contributed by atoms with Crippen molar-refractivity contribution in [2.45, 2.75) is 0 Å². The van der Waals surface area contributed by atoms with Crippen LogP contribution in [0.2, 0.25) is 0 Å². The minimum absolute atomic E-state index is 0.591. The second-order valence-corrected chi connectivity index (χ2v) is 12.1. The van der Waals surface area contributed by atoms with Crippen molar-refractivity contribution < 1.29 is 4.42 Å². The van der Waals surface area contributed by atoms with E-state index in [-0.39, 0.29) is 0 Å². The molecule has 2 aromatic heterocycles. The molecule has 0 spiro atoms. The summed E-state index contributed by atoms with van der Waals surface area (Å²) in [5.74, 6) is 1.82. The van der Waals surface area contributed by atoms with Gasteiger partial charge in [0.1, 0.15) is 11.2 Å². The summed E-state index contributed by atoms with van der Waals surface area (Å²) in [7, 11) is 0. The molecule has 2 heterocycles. The van der Waals surface area contributed by atoms with Gasteiger partial charge in [-0.1, -0.05) is 133 Å². The molecule has 0 bridgehead atoms. The van der Waals surface area contributed by atoms with Gasteiger partial charge in [-0.05, 0) is 53.6 Å². The molecular formula is C45H30N4O. The Morgan fingerprint density at radius 2 is 0.860 bits per heavy atom. The summed E-state index contributed by atoms with van der Waals surface area (Å²) >= 11 is 0. The highest BCUT2D eigenvalue weighted by molar-refractivity contribution is 6.12. The molecule has 0 unspecified atom stereocenters. The summed E-state index contributed by atoms with van der Waals surface area (Å²) in [5, 5.41) is 1.96. The Kier molecular flexibility index (Phi) is 7.41. The van der Waals surface area contributed by atoms with E-state index in [0.29, 0.717) is 17.5 Å². The Hall–Kier alpha value is -6.85. The predicted molar refractivity (Wildman–Crippen MR) is 204 cm³/mol. The van der Waals surface area contributed by atoms with Crippen LogP contribution >= 0.6 is 0 Å². The van der Waals surface area contributed by atoms with Crippen LogP contribution in [-0.2, 0) is 0 Å². The van der Waals surface area contributed by atoms with Gasteiger partial charge in [0.25, 0.3) is 0 Å². The average molecular weight is 643 g/mol. The van der Waals surface area contributed by atoms with E-state index >= 15 is 0 Å². The maximum Gasteiger partial charge on any atom is 0.164 e. The minimum atomic E-state index is 0.591. The molecule has 0 radical (unpaired) electrons. The molecular weight excluding hydrogens is 613 g/mol. The second-order valence-electron chi connectivity index (χ2n) is 12.1. The highest BCUT2D eigenvalue weighted by Crippen LogP contribution is 2.41. The number of aromatic nitrogens is 3. The first kappa shape index (κ1) is 29.3. The molecule has 0 aliphatic rings. The molecule has 0 N–H and O–H groups in total. The van der Waals surface area contributed by atoms with Crippen LogP contribution < -0.4 is 4.90 Å². The first-order valence-electron chi connectivity index (χ1n) is 16.6. The van der Waals surface area contributed by atoms with Gasteiger partial charge in [0, 0.05) is 50.6 Å². The summed E-state index contributed by atoms with van der Waals surface area (Å²) in [4.78, 5) is 17.4. The first-order valence-corrected chi connectivity index (χ1v) is 16.6. The summed E-state index contributed by atoms with van der Waals surface area (Å²) in [6.07, 6.45) is 0. The van der Waals surface area contributed by atoms with Crippen molar-refractivity contribution in [1.29, 1.82) is 0 Å². The van der Waals surface area contributed by atoms with E-state index in [2.05, 4.69) is 126 Å². The van der Waals surface area contributed by atoms with E-state index in [4.69, 9.17) is 19.4 Å². The lowest BCUT2D eigenvalue weighted by Gasteiger charge is -2.25. The van der Waals surface area contributed by atoms with Gasteiger partial charge in [-0.3, -0.25) is 0 Å². The van der Waals surface area contributed by atoms with Crippen LogP contribution in [0, 0.1) is 0 Å². The highest BCUT2D eigenvalue weighted by atomic mass is 16.3. The molecule has 0 saturated heterocycles. The third kappa shape index (κ3) is 5.47. The van der Waals surface area contributed by atoms with Gasteiger partial charge in [-0.15, -0.1) is 0 Å². The van der Waals surface area contributed by atoms with Gasteiger partial charge in [0.05, 0.1) is 0 Å². The average Bonchev–Trinajstić information content (AvgIpc) is 3.58. The fraction of sp³-hybridized carbons (Fsp3) is 0. The number of hydrogen-bond acceptors (Lipinski definition) is 5. The molecule has 50 heavy (non-hydrogen) atoms. The fourth-order valence-electron chi connectivity index (χ4n) is 6.53. The molecule has 0 atom stereocenters. The summed E-state index contributed by atoms with van der Waals surface area (Å²) in [6.45, 7) is 0. The van der Waals surface area contributed by atoms with Crippen molar-refractivity contribution in [3.63, 3.8) is 0 Å². The summed E-state index contributed by atoms with van der Waals surface area (Å²) < 4.78 is 6.56. The number of benzene rings is 7. The topological polar surface area (TPSA) is 55.1 Å². The zero-order valence-electron chi connectivity index (χ0n) is 27.0. The van der Waals surface area contributed by atoms with Crippen LogP contribution in [0.4, 0.5) is 17.1 Å². The van der Waals surface area contributed by atoms with E-state index in [9.17, 15) is 0 Å². The Labute approximate surface area is 289 Å². The molecule has 0 aliphatic heterocycles. The SMILES string of the molecule is c1ccc(-c2ccc(-c3nc(-c4ccccc4)nc(-c4cccc5oc6cc(N(c7ccccc7)c7ccccc7)ccc6c45)n3)cc2)cc1. The fourth-order valence-corrected chi connectivity index (χ4v) is 6.53. The van der Waals surface area contributed by atoms with Crippen molar-refractivity contribution in [2.24, 2.45) is 0 Å². The molecule has 5 nitrogen and oxygen atoms in total. The van der Waals surface area contributed by atoms with Gasteiger partial charge < -0.3 is 9.32 Å². The predicted octanol–water partition coefficient (Wildman–Crippen LogP) is 11.9. The summed E-state index contributed by atoms with van der Waals surface area (Å²) in [6, 6.07) is 62.1. The van der Waals surface area contributed by atoms with Crippen LogP contribution in [0.1, 0.15) is 0 Å². The molecule has 7 aromatic carbocycles. The minimum Gasteiger partial charge on any atom is -0.456 e. The Balaban J connectivity index is 1.19. The molecule has 9 rings (SSSR count). The zero-order valence-corrected chi connectivity index (χ0v) is 27.0. The number of para-hydroxylation sites is 2. The number of nitrogens with zero attached hydrogens (tertiary/aromatic N) is 4. The van der Waals surface area contributed by atoms with Crippen LogP contribution in [0.15, 0.2) is 186 Å². The van der Waals surface area contributed by atoms with Crippen LogP contribution in [0.25, 0.3) is 67.2 Å². The van der Waals surface area contributed by atoms with Crippen molar-refractivity contribution in [3.8, 4) is 45.3 Å². The van der Waals surface area contributed by atoms with Crippen molar-refractivity contribution >= 4 is 39.0 Å². The van der Waals surface area contributed by atoms with E-state index < -0.39 is 0 Å². The Bertz CT molecular complexity index is 2530. The highest BCUT2D eigenvalue weighted by Gasteiger charge is 2.20. The van der Waals surface area contributed by atoms with Gasteiger partial charge in [-0.25, -0.2) is 15.0 Å². The van der Waals surface area contributed by atoms with E-state index in [1.54, 1.807) is 0 Å². The number of furan rings is 1. The maximum absolute atomic E-state index is 6.56. The third-order valence-electron chi connectivity index (χ3n) is 8.93. The number of hydrogen-bond donors (Lipinski definition) is 0. The third-order valence-corrected chi connectivity index (χ3v) is 8.93. The monoisotopic (exact) mass is 642 g/mol. The van der Waals surface area contributed by atoms with E-state index in [1.165, 1.54) is 0 Å². The lowest BCUT2D eigenvalue weighted by atomic mass is 10.0. The molecule has 236 valence electrons. The standard InChI is InChI=1S/C45H30N4O/c1-5-14-31(15-6-1)32-24-26-34(27-25-32)44-46-43(33-16-7-2-8-17-33)47-45(48-44)39-22-13-23-40-42(39)38-29-28-37(30-41(38)50-40)49(35-18-9-3-10-19-35)36-20-11-4-12-21-36/h1-30H. The normalized spacial score (nSPS) is 11.2. The number of anilines is 3. The quantitative estimate of drug-likeness (QED) is 0.173. The molecule has 5 heteroatoms. The molecule has 0 aliphatic carbocycles. The molecule has 0 fully saturated rings. The summed E-state index contributed by atoms with van der Waals surface area (Å²) in [5.41, 5.74) is 9.73. The molecule has 0 amide bonds. The lowest BCUT2D eigenvalue weighted by molar-refractivity contribution is 0.669. The van der Waals surface area contributed by atoms with Gasteiger partial charge >= 0.3 is 0 Å². The Morgan fingerprint density at radius 3 is 1.48 bits per heavy atom. The van der Waals surface area contributed by atoms with Crippen LogP contribution in [0.5, 0.6) is 0 Å². The lowest BCUT2D eigenvalue weighted by Crippen LogP contribution is -2.09. The van der Waals surface area contributed by atoms with Crippen molar-refractivity contribution in [1.82, 2.24) is 15.0 Å². The van der Waals surface area contributed by atoms with Gasteiger partial charge in [0.15, 0.2) is 17.5 Å². The molecule has 0 saturated carbocycles. The number of fused-ring (bicyclic) bond motifs is 3. The zero-order chi connectivity index (χ0) is 33.3. The van der Waals surface area contributed by atoms with Crippen molar-refractivity contribution in [2.75, 3.05) is 4.90 Å². The van der Waals surface area contributed by atoms with Crippen LogP contribution in [0.3, 0.4) is 0 Å². The van der Waals surface area contributed by atoms with Gasteiger partial charge in [0.2, 0.25) is 0 Å². The van der Waals surface area contributed by atoms with E-state index in [1.807, 2.05) is 60.7 Å². The number of rotatable bonds is 7. The first-order chi connectivity index (χ1) is 24.8. The largest absolute Gasteiger partial charge is 0.456 e. The second kappa shape index (κ2) is 12.6. The van der Waals surface area contributed by atoms with Gasteiger partial charge in [-0.2, -0.15) is 0 Å².